The minimum atomic E-state index is -0.371. The lowest BCUT2D eigenvalue weighted by molar-refractivity contribution is 0.106. The Morgan fingerprint density at radius 2 is 1.50 bits per heavy atom. The molecular weight excluding hydrogens is 230 g/mol. The number of phenolic OH excluding ortho intramolecular Hbond substituents is 1. The highest BCUT2D eigenvalue weighted by Gasteiger charge is 2.16. The maximum absolute atomic E-state index is 12.1. The number of rotatable bonds is 3. The first-order valence-electron chi connectivity index (χ1n) is 5.33. The average Bonchev–Trinajstić information content (AvgIpc) is 2.42. The molecule has 0 heterocycles. The molecule has 4 nitrogen and oxygen atoms in total. The van der Waals surface area contributed by atoms with Gasteiger partial charge in [0.15, 0.2) is 5.71 Å². The lowest BCUT2D eigenvalue weighted by atomic mass is 10.0. The third-order valence-electron chi connectivity index (χ3n) is 2.49. The summed E-state index contributed by atoms with van der Waals surface area (Å²) in [6, 6.07) is 14.5. The Kier molecular flexibility index (Phi) is 3.38. The Balaban J connectivity index is 2.36. The lowest BCUT2D eigenvalue weighted by Gasteiger charge is -2.04. The van der Waals surface area contributed by atoms with E-state index in [1.165, 1.54) is 24.3 Å². The van der Waals surface area contributed by atoms with E-state index in [2.05, 4.69) is 5.16 Å². The van der Waals surface area contributed by atoms with E-state index in [4.69, 9.17) is 5.21 Å². The molecule has 90 valence electrons. The van der Waals surface area contributed by atoms with Crippen molar-refractivity contribution in [3.63, 3.8) is 0 Å². The number of hydrogen-bond acceptors (Lipinski definition) is 4. The SMILES string of the molecule is O=C(/C(=N/O)c1ccc(O)cc1)c1ccccc1. The van der Waals surface area contributed by atoms with Crippen molar-refractivity contribution in [2.75, 3.05) is 0 Å². The van der Waals surface area contributed by atoms with E-state index in [-0.39, 0.29) is 17.2 Å². The molecule has 0 unspecified atom stereocenters. The summed E-state index contributed by atoms with van der Waals surface area (Å²) in [7, 11) is 0. The molecule has 2 N–H and O–H groups in total. The van der Waals surface area contributed by atoms with Gasteiger partial charge in [-0.1, -0.05) is 35.5 Å². The highest BCUT2D eigenvalue weighted by atomic mass is 16.4. The number of carbonyl (C=O) groups excluding carboxylic acids is 1. The lowest BCUT2D eigenvalue weighted by Crippen LogP contribution is -2.15. The number of nitrogens with zero attached hydrogens (tertiary/aromatic N) is 1. The van der Waals surface area contributed by atoms with Crippen LogP contribution in [0.15, 0.2) is 59.8 Å². The van der Waals surface area contributed by atoms with Gasteiger partial charge in [0.05, 0.1) is 0 Å². The predicted octanol–water partition coefficient (Wildman–Crippen LogP) is 2.45. The van der Waals surface area contributed by atoms with Crippen LogP contribution in [0.2, 0.25) is 0 Å². The third-order valence-corrected chi connectivity index (χ3v) is 2.49. The molecule has 0 aromatic heterocycles. The molecule has 0 fully saturated rings. The van der Waals surface area contributed by atoms with Crippen molar-refractivity contribution in [1.29, 1.82) is 0 Å². The van der Waals surface area contributed by atoms with Crippen molar-refractivity contribution < 1.29 is 15.1 Å². The van der Waals surface area contributed by atoms with Crippen molar-refractivity contribution in [2.24, 2.45) is 5.16 Å². The molecule has 0 aliphatic carbocycles. The van der Waals surface area contributed by atoms with Gasteiger partial charge in [-0.25, -0.2) is 0 Å². The van der Waals surface area contributed by atoms with Gasteiger partial charge < -0.3 is 10.3 Å². The Hall–Kier alpha value is -2.62. The number of ketones is 1. The van der Waals surface area contributed by atoms with Crippen LogP contribution in [0.3, 0.4) is 0 Å². The monoisotopic (exact) mass is 241 g/mol. The molecule has 18 heavy (non-hydrogen) atoms. The molecule has 0 amide bonds. The first kappa shape index (κ1) is 11.9. The molecule has 0 spiro atoms. The molecule has 4 heteroatoms. The minimum Gasteiger partial charge on any atom is -0.508 e. The Labute approximate surface area is 104 Å². The Morgan fingerprint density at radius 1 is 0.889 bits per heavy atom. The number of benzene rings is 2. The van der Waals surface area contributed by atoms with E-state index >= 15 is 0 Å². The summed E-state index contributed by atoms with van der Waals surface area (Å²) in [5.74, 6) is -0.285. The zero-order chi connectivity index (χ0) is 13.0. The molecule has 0 atom stereocenters. The fraction of sp³-hybridized carbons (Fsp3) is 0. The number of Topliss-reactive ketones (excluding diaryl/α,β-unsaturated/α-hetero) is 1. The summed E-state index contributed by atoms with van der Waals surface area (Å²) in [6.07, 6.45) is 0. The zero-order valence-electron chi connectivity index (χ0n) is 9.45. The quantitative estimate of drug-likeness (QED) is 0.375. The van der Waals surface area contributed by atoms with Gasteiger partial charge in [0.1, 0.15) is 5.75 Å². The van der Waals surface area contributed by atoms with Crippen LogP contribution in [-0.4, -0.2) is 21.8 Å². The number of oxime groups is 1. The normalized spacial score (nSPS) is 11.2. The van der Waals surface area contributed by atoms with Crippen molar-refractivity contribution in [3.05, 3.63) is 65.7 Å². The van der Waals surface area contributed by atoms with Crippen molar-refractivity contribution >= 4 is 11.5 Å². The van der Waals surface area contributed by atoms with E-state index in [9.17, 15) is 9.90 Å². The highest BCUT2D eigenvalue weighted by molar-refractivity contribution is 6.51. The van der Waals surface area contributed by atoms with Crippen LogP contribution < -0.4 is 0 Å². The molecule has 2 aromatic rings. The van der Waals surface area contributed by atoms with Crippen LogP contribution in [0.1, 0.15) is 15.9 Å². The predicted molar refractivity (Wildman–Crippen MR) is 67.2 cm³/mol. The molecule has 0 aliphatic heterocycles. The van der Waals surface area contributed by atoms with E-state index in [1.807, 2.05) is 0 Å². The van der Waals surface area contributed by atoms with E-state index in [0.717, 1.165) is 0 Å². The summed E-state index contributed by atoms with van der Waals surface area (Å²) in [5, 5.41) is 21.2. The fourth-order valence-corrected chi connectivity index (χ4v) is 1.58. The number of phenols is 1. The summed E-state index contributed by atoms with van der Waals surface area (Å²) in [4.78, 5) is 12.1. The Bertz CT molecular complexity index is 574. The van der Waals surface area contributed by atoms with Gasteiger partial charge in [0.25, 0.3) is 0 Å². The van der Waals surface area contributed by atoms with Crippen molar-refractivity contribution in [1.82, 2.24) is 0 Å². The standard InChI is InChI=1S/C14H11NO3/c16-12-8-6-10(7-9-12)13(15-18)14(17)11-4-2-1-3-5-11/h1-9,16,18H/b15-13+. The molecule has 2 rings (SSSR count). The number of carbonyl (C=O) groups is 1. The van der Waals surface area contributed by atoms with Gasteiger partial charge in [-0.2, -0.15) is 0 Å². The summed E-state index contributed by atoms with van der Waals surface area (Å²) < 4.78 is 0. The van der Waals surface area contributed by atoms with Gasteiger partial charge >= 0.3 is 0 Å². The van der Waals surface area contributed by atoms with Crippen LogP contribution in [0, 0.1) is 0 Å². The second-order valence-corrected chi connectivity index (χ2v) is 3.69. The van der Waals surface area contributed by atoms with Gasteiger partial charge in [0, 0.05) is 11.1 Å². The van der Waals surface area contributed by atoms with Crippen LogP contribution in [0.4, 0.5) is 0 Å². The van der Waals surface area contributed by atoms with Crippen molar-refractivity contribution in [2.45, 2.75) is 0 Å². The zero-order valence-corrected chi connectivity index (χ0v) is 9.45. The van der Waals surface area contributed by atoms with E-state index in [1.54, 1.807) is 30.3 Å². The van der Waals surface area contributed by atoms with Gasteiger partial charge in [-0.15, -0.1) is 0 Å². The minimum absolute atomic E-state index is 0.0544. The molecule has 0 saturated heterocycles. The second-order valence-electron chi connectivity index (χ2n) is 3.69. The van der Waals surface area contributed by atoms with E-state index < -0.39 is 0 Å². The molecule has 0 bridgehead atoms. The molecule has 0 aliphatic rings. The van der Waals surface area contributed by atoms with Crippen LogP contribution in [-0.2, 0) is 0 Å². The first-order chi connectivity index (χ1) is 8.72. The molecule has 0 saturated carbocycles. The average molecular weight is 241 g/mol. The topological polar surface area (TPSA) is 69.9 Å². The summed E-state index contributed by atoms with van der Waals surface area (Å²) >= 11 is 0. The number of aromatic hydroxyl groups is 1. The summed E-state index contributed by atoms with van der Waals surface area (Å²) in [6.45, 7) is 0. The maximum Gasteiger partial charge on any atom is 0.215 e. The molecule has 0 radical (unpaired) electrons. The molecular formula is C14H11NO3. The fourth-order valence-electron chi connectivity index (χ4n) is 1.58. The van der Waals surface area contributed by atoms with Crippen LogP contribution in [0.5, 0.6) is 5.75 Å². The van der Waals surface area contributed by atoms with Gasteiger partial charge in [0.2, 0.25) is 5.78 Å². The van der Waals surface area contributed by atoms with Crippen LogP contribution in [0.25, 0.3) is 0 Å². The second kappa shape index (κ2) is 5.14. The largest absolute Gasteiger partial charge is 0.508 e. The Morgan fingerprint density at radius 3 is 2.06 bits per heavy atom. The summed E-state index contributed by atoms with van der Waals surface area (Å²) in [5.41, 5.74) is 0.837. The van der Waals surface area contributed by atoms with Crippen molar-refractivity contribution in [3.8, 4) is 5.75 Å². The van der Waals surface area contributed by atoms with E-state index in [0.29, 0.717) is 11.1 Å². The van der Waals surface area contributed by atoms with Gasteiger partial charge in [-0.3, -0.25) is 4.79 Å². The third kappa shape index (κ3) is 2.38. The maximum atomic E-state index is 12.1. The van der Waals surface area contributed by atoms with Crippen LogP contribution >= 0.6 is 0 Å². The highest BCUT2D eigenvalue weighted by Crippen LogP contribution is 2.13. The van der Waals surface area contributed by atoms with Gasteiger partial charge in [-0.05, 0) is 24.3 Å². The molecule has 2 aromatic carbocycles. The smallest absolute Gasteiger partial charge is 0.215 e. The first-order valence-corrected chi connectivity index (χ1v) is 5.33. The number of hydrogen-bond donors (Lipinski definition) is 2.